The largest absolute Gasteiger partial charge is 0.453 e. The van der Waals surface area contributed by atoms with E-state index in [0.29, 0.717) is 6.54 Å². The number of hydrogen-bond donors (Lipinski definition) is 2. The average Bonchev–Trinajstić information content (AvgIpc) is 2.40. The van der Waals surface area contributed by atoms with Gasteiger partial charge in [-0.15, -0.1) is 0 Å². The van der Waals surface area contributed by atoms with Gasteiger partial charge in [-0.05, 0) is 5.56 Å². The van der Waals surface area contributed by atoms with Crippen molar-refractivity contribution in [3.8, 4) is 0 Å². The molecule has 0 saturated heterocycles. The molecule has 0 aliphatic carbocycles. The number of benzene rings is 1. The van der Waals surface area contributed by atoms with Gasteiger partial charge >= 0.3 is 6.09 Å². The van der Waals surface area contributed by atoms with Crippen LogP contribution in [0.1, 0.15) is 25.8 Å². The molecule has 0 radical (unpaired) electrons. The number of carbonyl (C=O) groups excluding carboxylic acids is 1. The maximum absolute atomic E-state index is 10.7. The zero-order valence-electron chi connectivity index (χ0n) is 11.5. The van der Waals surface area contributed by atoms with Crippen molar-refractivity contribution in [3.63, 3.8) is 0 Å². The zero-order chi connectivity index (χ0) is 13.6. The van der Waals surface area contributed by atoms with Crippen LogP contribution >= 0.6 is 0 Å². The first-order valence-corrected chi connectivity index (χ1v) is 6.31. The Bertz CT molecular complexity index is 302. The summed E-state index contributed by atoms with van der Waals surface area (Å²) in [4.78, 5) is 10.7. The zero-order valence-corrected chi connectivity index (χ0v) is 11.5. The van der Waals surface area contributed by atoms with Gasteiger partial charge in [0.1, 0.15) is 0 Å². The third kappa shape index (κ3) is 9.66. The molecule has 0 bridgehead atoms. The number of hydrogen-bond acceptors (Lipinski definition) is 3. The molecule has 102 valence electrons. The minimum Gasteiger partial charge on any atom is -0.453 e. The van der Waals surface area contributed by atoms with Crippen LogP contribution in [0.4, 0.5) is 4.79 Å². The molecule has 4 nitrogen and oxygen atoms in total. The van der Waals surface area contributed by atoms with E-state index in [1.807, 2.05) is 18.2 Å². The molecule has 0 aliphatic rings. The van der Waals surface area contributed by atoms with Crippen LogP contribution in [-0.2, 0) is 11.3 Å². The van der Waals surface area contributed by atoms with Gasteiger partial charge in [0.2, 0.25) is 0 Å². The maximum Gasteiger partial charge on any atom is 0.406 e. The summed E-state index contributed by atoms with van der Waals surface area (Å²) in [6, 6.07) is 10.1. The molecule has 0 atom stereocenters. The lowest BCUT2D eigenvalue weighted by molar-refractivity contribution is 0.171. The summed E-state index contributed by atoms with van der Waals surface area (Å²) in [6.07, 6.45) is 0.858. The molecule has 1 aromatic carbocycles. The topological polar surface area (TPSA) is 50.4 Å². The Morgan fingerprint density at radius 1 is 1.17 bits per heavy atom. The number of nitrogens with one attached hydrogen (secondary N) is 2. The second-order valence-corrected chi connectivity index (χ2v) is 3.79. The molecule has 0 unspecified atom stereocenters. The van der Waals surface area contributed by atoms with E-state index in [0.717, 1.165) is 13.1 Å². The number of methoxy groups -OCH3 is 1. The minimum atomic E-state index is -0.392. The van der Waals surface area contributed by atoms with Crippen molar-refractivity contribution in [1.82, 2.24) is 10.6 Å². The summed E-state index contributed by atoms with van der Waals surface area (Å²) in [5.41, 5.74) is 1.23. The molecule has 1 aromatic rings. The lowest BCUT2D eigenvalue weighted by Gasteiger charge is -2.05. The van der Waals surface area contributed by atoms with Crippen LogP contribution in [0.15, 0.2) is 30.3 Å². The van der Waals surface area contributed by atoms with Gasteiger partial charge in [-0.3, -0.25) is 0 Å². The highest BCUT2D eigenvalue weighted by Gasteiger charge is 1.95. The standard InChI is InChI=1S/C11H16N2O2.C3H8/c1-15-11(14)13-8-7-12-9-10-5-3-2-4-6-10;1-3-2/h2-6,12H,7-9H2,1H3,(H,13,14);3H2,1-2H3. The van der Waals surface area contributed by atoms with E-state index in [2.05, 4.69) is 41.4 Å². The highest BCUT2D eigenvalue weighted by molar-refractivity contribution is 5.66. The highest BCUT2D eigenvalue weighted by atomic mass is 16.5. The molecule has 4 heteroatoms. The van der Waals surface area contributed by atoms with E-state index in [1.54, 1.807) is 0 Å². The Labute approximate surface area is 110 Å². The van der Waals surface area contributed by atoms with Gasteiger partial charge in [-0.2, -0.15) is 0 Å². The van der Waals surface area contributed by atoms with Crippen molar-refractivity contribution in [2.45, 2.75) is 26.8 Å². The normalized spacial score (nSPS) is 9.06. The van der Waals surface area contributed by atoms with Gasteiger partial charge < -0.3 is 15.4 Å². The van der Waals surface area contributed by atoms with Gasteiger partial charge in [0, 0.05) is 19.6 Å². The molecule has 0 aliphatic heterocycles. The van der Waals surface area contributed by atoms with Crippen molar-refractivity contribution in [2.24, 2.45) is 0 Å². The third-order valence-electron chi connectivity index (χ3n) is 1.93. The number of alkyl carbamates (subject to hydrolysis) is 1. The van der Waals surface area contributed by atoms with E-state index in [4.69, 9.17) is 0 Å². The van der Waals surface area contributed by atoms with E-state index in [9.17, 15) is 4.79 Å². The first-order valence-electron chi connectivity index (χ1n) is 6.31. The number of rotatable bonds is 5. The Morgan fingerprint density at radius 3 is 2.33 bits per heavy atom. The van der Waals surface area contributed by atoms with Crippen LogP contribution in [-0.4, -0.2) is 26.3 Å². The molecule has 0 spiro atoms. The van der Waals surface area contributed by atoms with Crippen LogP contribution in [0.2, 0.25) is 0 Å². The van der Waals surface area contributed by atoms with E-state index >= 15 is 0 Å². The van der Waals surface area contributed by atoms with E-state index < -0.39 is 6.09 Å². The van der Waals surface area contributed by atoms with Crippen molar-refractivity contribution in [1.29, 1.82) is 0 Å². The molecule has 0 aromatic heterocycles. The van der Waals surface area contributed by atoms with Gasteiger partial charge in [0.25, 0.3) is 0 Å². The number of ether oxygens (including phenoxy) is 1. The lowest BCUT2D eigenvalue weighted by Crippen LogP contribution is -2.31. The average molecular weight is 252 g/mol. The molecular formula is C14H24N2O2. The minimum absolute atomic E-state index is 0.392. The lowest BCUT2D eigenvalue weighted by atomic mass is 10.2. The van der Waals surface area contributed by atoms with Crippen LogP contribution in [0.5, 0.6) is 0 Å². The Morgan fingerprint density at radius 2 is 1.78 bits per heavy atom. The predicted octanol–water partition coefficient (Wildman–Crippen LogP) is 2.55. The summed E-state index contributed by atoms with van der Waals surface area (Å²) in [5, 5.41) is 5.81. The quantitative estimate of drug-likeness (QED) is 0.792. The predicted molar refractivity (Wildman–Crippen MR) is 74.5 cm³/mol. The summed E-state index contributed by atoms with van der Waals surface area (Å²) in [5.74, 6) is 0. The SMILES string of the molecule is CCC.COC(=O)NCCNCc1ccccc1. The van der Waals surface area contributed by atoms with Gasteiger partial charge in [0.15, 0.2) is 0 Å². The molecule has 1 rings (SSSR count). The van der Waals surface area contributed by atoms with Crippen molar-refractivity contribution in [2.75, 3.05) is 20.2 Å². The van der Waals surface area contributed by atoms with Gasteiger partial charge in [0.05, 0.1) is 7.11 Å². The summed E-state index contributed by atoms with van der Waals surface area (Å²) >= 11 is 0. The molecule has 18 heavy (non-hydrogen) atoms. The van der Waals surface area contributed by atoms with Crippen molar-refractivity contribution < 1.29 is 9.53 Å². The van der Waals surface area contributed by atoms with Crippen molar-refractivity contribution in [3.05, 3.63) is 35.9 Å². The van der Waals surface area contributed by atoms with Crippen LogP contribution < -0.4 is 10.6 Å². The monoisotopic (exact) mass is 252 g/mol. The molecular weight excluding hydrogens is 228 g/mol. The van der Waals surface area contributed by atoms with Crippen LogP contribution in [0.25, 0.3) is 0 Å². The van der Waals surface area contributed by atoms with E-state index in [-0.39, 0.29) is 0 Å². The summed E-state index contributed by atoms with van der Waals surface area (Å²) < 4.78 is 4.44. The maximum atomic E-state index is 10.7. The van der Waals surface area contributed by atoms with Crippen LogP contribution in [0.3, 0.4) is 0 Å². The Balaban J connectivity index is 0.000000873. The number of amides is 1. The Hall–Kier alpha value is -1.55. The molecule has 1 amide bonds. The number of carbonyl (C=O) groups is 1. The van der Waals surface area contributed by atoms with Crippen molar-refractivity contribution >= 4 is 6.09 Å². The third-order valence-corrected chi connectivity index (χ3v) is 1.93. The van der Waals surface area contributed by atoms with E-state index in [1.165, 1.54) is 19.1 Å². The first kappa shape index (κ1) is 16.4. The highest BCUT2D eigenvalue weighted by Crippen LogP contribution is 1.96. The van der Waals surface area contributed by atoms with Gasteiger partial charge in [-0.25, -0.2) is 4.79 Å². The second kappa shape index (κ2) is 11.9. The summed E-state index contributed by atoms with van der Waals surface area (Å²) in [6.45, 7) is 6.35. The smallest absolute Gasteiger partial charge is 0.406 e. The molecule has 0 saturated carbocycles. The fraction of sp³-hybridized carbons (Fsp3) is 0.500. The Kier molecular flexibility index (Phi) is 10.9. The molecule has 0 fully saturated rings. The second-order valence-electron chi connectivity index (χ2n) is 3.79. The first-order chi connectivity index (χ1) is 8.74. The molecule has 2 N–H and O–H groups in total. The fourth-order valence-corrected chi connectivity index (χ4v) is 1.15. The fourth-order valence-electron chi connectivity index (χ4n) is 1.15. The van der Waals surface area contributed by atoms with Crippen LogP contribution in [0, 0.1) is 0 Å². The summed E-state index contributed by atoms with van der Waals surface area (Å²) in [7, 11) is 1.35. The van der Waals surface area contributed by atoms with Gasteiger partial charge in [-0.1, -0.05) is 50.6 Å². The molecule has 0 heterocycles.